The van der Waals surface area contributed by atoms with Gasteiger partial charge in [-0.15, -0.1) is 0 Å². The number of halogens is 5. The van der Waals surface area contributed by atoms with E-state index in [4.69, 9.17) is 4.74 Å². The molecule has 188 valence electrons. The summed E-state index contributed by atoms with van der Waals surface area (Å²) >= 11 is 1.38. The number of benzene rings is 2. The van der Waals surface area contributed by atoms with Gasteiger partial charge in [-0.05, 0) is 42.8 Å². The first-order chi connectivity index (χ1) is 16.1. The van der Waals surface area contributed by atoms with Crippen LogP contribution in [0.2, 0.25) is 0 Å². The van der Waals surface area contributed by atoms with Gasteiger partial charge >= 0.3 is 12.1 Å². The summed E-state index contributed by atoms with van der Waals surface area (Å²) in [5.74, 6) is -3.76. The number of alkyl halides is 5. The van der Waals surface area contributed by atoms with Gasteiger partial charge in [-0.1, -0.05) is 74.0 Å². The second kappa shape index (κ2) is 13.2. The maximum atomic E-state index is 13.4. The minimum atomic E-state index is -5.48. The molecule has 0 aliphatic carbocycles. The van der Waals surface area contributed by atoms with E-state index in [1.165, 1.54) is 11.8 Å². The molecule has 2 aromatic carbocycles. The third kappa shape index (κ3) is 7.80. The van der Waals surface area contributed by atoms with Crippen molar-refractivity contribution in [1.29, 1.82) is 0 Å². The van der Waals surface area contributed by atoms with Gasteiger partial charge in [-0.2, -0.15) is 33.7 Å². The van der Waals surface area contributed by atoms with Crippen molar-refractivity contribution in [1.82, 2.24) is 0 Å². The molecule has 0 aromatic heterocycles. The third-order valence-electron chi connectivity index (χ3n) is 5.62. The number of Topliss-reactive ketones (excluding diaryl/α,β-unsaturated/α-hetero) is 1. The first kappa shape index (κ1) is 28.3. The van der Waals surface area contributed by atoms with Crippen molar-refractivity contribution in [3.8, 4) is 0 Å². The average Bonchev–Trinajstić information content (AvgIpc) is 2.83. The molecule has 0 saturated heterocycles. The fraction of sp³-hybridized carbons (Fsp3) is 0.500. The lowest BCUT2D eigenvalue weighted by molar-refractivity contribution is -0.284. The van der Waals surface area contributed by atoms with Crippen LogP contribution in [0, 0.1) is 0 Å². The summed E-state index contributed by atoms with van der Waals surface area (Å²) in [7, 11) is 0. The van der Waals surface area contributed by atoms with Gasteiger partial charge in [-0.25, -0.2) is 0 Å². The second-order valence-electron chi connectivity index (χ2n) is 8.07. The number of hydrogen-bond acceptors (Lipinski definition) is 3. The number of thioether (sulfide) groups is 1. The number of rotatable bonds is 15. The molecule has 0 radical (unpaired) electrons. The lowest BCUT2D eigenvalue weighted by Gasteiger charge is -2.32. The predicted octanol–water partition coefficient (Wildman–Crippen LogP) is 8.07. The molecule has 0 N–H and O–H groups in total. The highest BCUT2D eigenvalue weighted by atomic mass is 32.2. The molecule has 0 saturated carbocycles. The smallest absolute Gasteiger partial charge is 0.362 e. The van der Waals surface area contributed by atoms with E-state index in [9.17, 15) is 26.7 Å². The van der Waals surface area contributed by atoms with Crippen LogP contribution in [0.5, 0.6) is 0 Å². The van der Waals surface area contributed by atoms with Crippen molar-refractivity contribution in [3.05, 3.63) is 71.8 Å². The molecule has 0 fully saturated rings. The molecule has 2 rings (SSSR count). The van der Waals surface area contributed by atoms with E-state index in [2.05, 4.69) is 0 Å². The summed E-state index contributed by atoms with van der Waals surface area (Å²) in [6, 6.07) is 18.5. The van der Waals surface area contributed by atoms with Gasteiger partial charge in [-0.3, -0.25) is 4.79 Å². The Kier molecular flexibility index (Phi) is 11.0. The Morgan fingerprint density at radius 2 is 1.41 bits per heavy atom. The van der Waals surface area contributed by atoms with Crippen LogP contribution in [0.4, 0.5) is 22.0 Å². The second-order valence-corrected chi connectivity index (χ2v) is 9.29. The predicted molar refractivity (Wildman–Crippen MR) is 127 cm³/mol. The number of unbranched alkanes of at least 4 members (excludes halogenated alkanes) is 2. The Labute approximate surface area is 202 Å². The van der Waals surface area contributed by atoms with Crippen molar-refractivity contribution in [2.24, 2.45) is 0 Å². The molecule has 0 amide bonds. The monoisotopic (exact) mass is 502 g/mol. The summed E-state index contributed by atoms with van der Waals surface area (Å²) < 4.78 is 68.5. The highest BCUT2D eigenvalue weighted by Crippen LogP contribution is 2.39. The van der Waals surface area contributed by atoms with E-state index in [1.54, 1.807) is 12.1 Å². The van der Waals surface area contributed by atoms with Crippen LogP contribution < -0.4 is 0 Å². The molecular weight excluding hydrogens is 471 g/mol. The molecule has 8 heteroatoms. The zero-order chi connectivity index (χ0) is 25.1. The highest BCUT2D eigenvalue weighted by molar-refractivity contribution is 7.99. The quantitative estimate of drug-likeness (QED) is 0.140. The summed E-state index contributed by atoms with van der Waals surface area (Å²) in [6.07, 6.45) is -4.05. The molecule has 1 atom stereocenters. The van der Waals surface area contributed by atoms with Gasteiger partial charge in [0.2, 0.25) is 0 Å². The fourth-order valence-corrected chi connectivity index (χ4v) is 4.61. The number of hydrogen-bond donors (Lipinski definition) is 0. The van der Waals surface area contributed by atoms with Gasteiger partial charge in [0, 0.05) is 18.6 Å². The molecule has 2 aromatic rings. The number of carbonyl (C=O) groups excluding carboxylic acids is 1. The van der Waals surface area contributed by atoms with E-state index in [1.807, 2.05) is 55.5 Å². The maximum absolute atomic E-state index is 13.4. The Hall–Kier alpha value is -1.93. The van der Waals surface area contributed by atoms with E-state index >= 15 is 0 Å². The van der Waals surface area contributed by atoms with Crippen LogP contribution >= 0.6 is 11.8 Å². The number of ketones is 1. The van der Waals surface area contributed by atoms with E-state index in [-0.39, 0.29) is 18.0 Å². The Morgan fingerprint density at radius 1 is 0.824 bits per heavy atom. The molecule has 2 nitrogen and oxygen atoms in total. The van der Waals surface area contributed by atoms with Crippen LogP contribution in [0.25, 0.3) is 0 Å². The molecule has 0 heterocycles. The minimum Gasteiger partial charge on any atom is -0.362 e. The number of ether oxygens (including phenoxy) is 1. The normalized spacial score (nSPS) is 14.1. The molecule has 0 spiro atoms. The van der Waals surface area contributed by atoms with Crippen molar-refractivity contribution in [3.63, 3.8) is 0 Å². The largest absolute Gasteiger partial charge is 0.453 e. The topological polar surface area (TPSA) is 26.3 Å². The molecular formula is C26H31F5O2S. The van der Waals surface area contributed by atoms with Crippen molar-refractivity contribution in [2.45, 2.75) is 63.1 Å². The minimum absolute atomic E-state index is 0.0898. The van der Waals surface area contributed by atoms with Gasteiger partial charge in [0.05, 0.1) is 0 Å². The molecule has 0 aliphatic rings. The first-order valence-corrected chi connectivity index (χ1v) is 12.6. The van der Waals surface area contributed by atoms with Crippen molar-refractivity contribution < 1.29 is 31.5 Å². The molecule has 1 unspecified atom stereocenters. The van der Waals surface area contributed by atoms with Crippen LogP contribution in [0.1, 0.15) is 61.4 Å². The van der Waals surface area contributed by atoms with E-state index in [0.717, 1.165) is 18.4 Å². The maximum Gasteiger partial charge on any atom is 0.453 e. The number of carbonyl (C=O) groups is 1. The van der Waals surface area contributed by atoms with Crippen LogP contribution in [-0.2, 0) is 10.3 Å². The lowest BCUT2D eigenvalue weighted by Crippen LogP contribution is -2.38. The van der Waals surface area contributed by atoms with Crippen LogP contribution in [0.15, 0.2) is 60.7 Å². The van der Waals surface area contributed by atoms with Crippen LogP contribution in [0.3, 0.4) is 0 Å². The van der Waals surface area contributed by atoms with Gasteiger partial charge in [0.25, 0.3) is 0 Å². The summed E-state index contributed by atoms with van der Waals surface area (Å²) in [5, 5.41) is 0. The standard InChI is InChI=1S/C26H31F5O2S/c1-2-24(22-15-8-4-9-16-22,23(32)21-13-6-3-7-14-21)33-18-10-5-11-19-34-20-12-17-25(27,28)26(29,30)31/h3-4,6-9,13-16H,2,5,10-12,17-20H2,1H3. The average molecular weight is 503 g/mol. The van der Waals surface area contributed by atoms with Gasteiger partial charge in [0.15, 0.2) is 11.4 Å². The Morgan fingerprint density at radius 3 is 2.00 bits per heavy atom. The van der Waals surface area contributed by atoms with E-state index in [0.29, 0.717) is 30.8 Å². The van der Waals surface area contributed by atoms with E-state index < -0.39 is 24.1 Å². The zero-order valence-electron chi connectivity index (χ0n) is 19.3. The van der Waals surface area contributed by atoms with Gasteiger partial charge in [0.1, 0.15) is 0 Å². The lowest BCUT2D eigenvalue weighted by atomic mass is 9.83. The zero-order valence-corrected chi connectivity index (χ0v) is 20.1. The highest BCUT2D eigenvalue weighted by Gasteiger charge is 2.56. The van der Waals surface area contributed by atoms with Gasteiger partial charge < -0.3 is 4.74 Å². The van der Waals surface area contributed by atoms with Crippen LogP contribution in [-0.4, -0.2) is 36.0 Å². The Bertz CT molecular complexity index is 858. The fourth-order valence-electron chi connectivity index (χ4n) is 3.65. The SMILES string of the molecule is CCC(OCCCCCSCCCC(F)(F)C(F)(F)F)(C(=O)c1ccccc1)c1ccccc1. The summed E-state index contributed by atoms with van der Waals surface area (Å²) in [4.78, 5) is 13.4. The molecule has 34 heavy (non-hydrogen) atoms. The van der Waals surface area contributed by atoms with Crippen molar-refractivity contribution >= 4 is 17.5 Å². The first-order valence-electron chi connectivity index (χ1n) is 11.5. The summed E-state index contributed by atoms with van der Waals surface area (Å²) in [5.41, 5.74) is 0.305. The Balaban J connectivity index is 1.80. The summed E-state index contributed by atoms with van der Waals surface area (Å²) in [6.45, 7) is 2.30. The third-order valence-corrected chi connectivity index (χ3v) is 6.77. The molecule has 0 bridgehead atoms. The van der Waals surface area contributed by atoms with Crippen molar-refractivity contribution in [2.75, 3.05) is 18.1 Å². The molecule has 0 aliphatic heterocycles.